The molecule has 0 bridgehead atoms. The number of carbonyl (C=O) groups is 2. The summed E-state index contributed by atoms with van der Waals surface area (Å²) in [7, 11) is 0. The molecule has 1 aromatic carbocycles. The first-order valence-corrected chi connectivity index (χ1v) is 7.46. The van der Waals surface area contributed by atoms with Gasteiger partial charge < -0.3 is 15.0 Å². The largest absolute Gasteiger partial charge is 0.475 e. The van der Waals surface area contributed by atoms with Crippen LogP contribution in [0.5, 0.6) is 0 Å². The van der Waals surface area contributed by atoms with E-state index in [0.29, 0.717) is 23.1 Å². The molecule has 1 heterocycles. The van der Waals surface area contributed by atoms with E-state index in [1.165, 1.54) is 6.07 Å². The molecule has 6 nitrogen and oxygen atoms in total. The molecule has 2 N–H and O–H groups in total. The van der Waals surface area contributed by atoms with Gasteiger partial charge in [0.2, 0.25) is 5.82 Å². The number of rotatable bonds is 5. The van der Waals surface area contributed by atoms with Crippen molar-refractivity contribution < 1.29 is 14.7 Å². The van der Waals surface area contributed by atoms with Gasteiger partial charge in [0.15, 0.2) is 0 Å². The van der Waals surface area contributed by atoms with Crippen molar-refractivity contribution in [3.63, 3.8) is 0 Å². The third-order valence-corrected chi connectivity index (χ3v) is 3.45. The van der Waals surface area contributed by atoms with Crippen molar-refractivity contribution in [1.82, 2.24) is 14.9 Å². The highest BCUT2D eigenvalue weighted by Crippen LogP contribution is 2.25. The molecule has 0 saturated heterocycles. The Morgan fingerprint density at radius 2 is 2.09 bits per heavy atom. The van der Waals surface area contributed by atoms with Crippen LogP contribution in [0.3, 0.4) is 0 Å². The van der Waals surface area contributed by atoms with Gasteiger partial charge in [-0.1, -0.05) is 18.5 Å². The number of fused-ring (bicyclic) bond motifs is 1. The first kappa shape index (κ1) is 16.3. The van der Waals surface area contributed by atoms with Crippen molar-refractivity contribution >= 4 is 34.5 Å². The molecule has 0 atom stereocenters. The van der Waals surface area contributed by atoms with Crippen molar-refractivity contribution in [2.24, 2.45) is 0 Å². The number of hydrogen-bond donors (Lipinski definition) is 2. The molecule has 22 heavy (non-hydrogen) atoms. The van der Waals surface area contributed by atoms with Gasteiger partial charge in [-0.25, -0.2) is 9.78 Å². The molecule has 1 amide bonds. The minimum atomic E-state index is -1.10. The van der Waals surface area contributed by atoms with E-state index in [4.69, 9.17) is 11.6 Å². The number of carbonyl (C=O) groups excluding carboxylic acids is 1. The van der Waals surface area contributed by atoms with Crippen LogP contribution < -0.4 is 5.32 Å². The quantitative estimate of drug-likeness (QED) is 0.886. The molecular formula is C15H18ClN3O3. The maximum Gasteiger partial charge on any atom is 0.372 e. The second-order valence-electron chi connectivity index (χ2n) is 5.34. The SMILES string of the molecule is CCCn1c(C(=O)O)nc2cc(C(=O)NC(C)C)c(Cl)cc21. The van der Waals surface area contributed by atoms with Gasteiger partial charge in [-0.3, -0.25) is 4.79 Å². The average molecular weight is 324 g/mol. The highest BCUT2D eigenvalue weighted by Gasteiger charge is 2.20. The zero-order valence-electron chi connectivity index (χ0n) is 12.7. The fraction of sp³-hybridized carbons (Fsp3) is 0.400. The summed E-state index contributed by atoms with van der Waals surface area (Å²) in [6, 6.07) is 3.11. The van der Waals surface area contributed by atoms with Crippen LogP contribution >= 0.6 is 11.6 Å². The predicted molar refractivity (Wildman–Crippen MR) is 84.6 cm³/mol. The molecule has 0 aliphatic heterocycles. The van der Waals surface area contributed by atoms with E-state index in [1.807, 2.05) is 20.8 Å². The van der Waals surface area contributed by atoms with Gasteiger partial charge in [0.05, 0.1) is 21.6 Å². The highest BCUT2D eigenvalue weighted by molar-refractivity contribution is 6.34. The number of benzene rings is 1. The summed E-state index contributed by atoms with van der Waals surface area (Å²) in [6.45, 7) is 6.17. The van der Waals surface area contributed by atoms with E-state index in [9.17, 15) is 14.7 Å². The lowest BCUT2D eigenvalue weighted by atomic mass is 10.1. The number of amides is 1. The van der Waals surface area contributed by atoms with E-state index < -0.39 is 5.97 Å². The number of nitrogens with one attached hydrogen (secondary N) is 1. The summed E-state index contributed by atoms with van der Waals surface area (Å²) in [5.41, 5.74) is 1.36. The average Bonchev–Trinajstić information content (AvgIpc) is 2.76. The van der Waals surface area contributed by atoms with Gasteiger partial charge in [-0.2, -0.15) is 0 Å². The van der Waals surface area contributed by atoms with Crippen LogP contribution in [0.25, 0.3) is 11.0 Å². The minimum Gasteiger partial charge on any atom is -0.475 e. The Kier molecular flexibility index (Phi) is 4.71. The number of aromatic carboxylic acids is 1. The number of aryl methyl sites for hydroxylation is 1. The molecule has 2 rings (SSSR count). The Morgan fingerprint density at radius 3 is 2.64 bits per heavy atom. The zero-order valence-corrected chi connectivity index (χ0v) is 13.4. The molecule has 0 spiro atoms. The van der Waals surface area contributed by atoms with Gasteiger partial charge >= 0.3 is 5.97 Å². The molecule has 0 radical (unpaired) electrons. The summed E-state index contributed by atoms with van der Waals surface area (Å²) >= 11 is 6.19. The Morgan fingerprint density at radius 1 is 1.41 bits per heavy atom. The Labute approximate surface area is 133 Å². The molecule has 1 aromatic heterocycles. The normalized spacial score (nSPS) is 11.1. The molecule has 0 aliphatic carbocycles. The number of carboxylic acid groups (broad SMARTS) is 1. The molecule has 0 aliphatic rings. The standard InChI is InChI=1S/C15H18ClN3O3/c1-4-5-19-12-7-10(16)9(14(20)17-8(2)3)6-11(12)18-13(19)15(21)22/h6-8H,4-5H2,1-3H3,(H,17,20)(H,21,22). The lowest BCUT2D eigenvalue weighted by Crippen LogP contribution is -2.30. The first-order valence-electron chi connectivity index (χ1n) is 7.09. The van der Waals surface area contributed by atoms with Crippen LogP contribution in [0.2, 0.25) is 5.02 Å². The number of aromatic nitrogens is 2. The van der Waals surface area contributed by atoms with Crippen molar-refractivity contribution in [2.75, 3.05) is 0 Å². The van der Waals surface area contributed by atoms with Crippen LogP contribution in [-0.2, 0) is 6.54 Å². The summed E-state index contributed by atoms with van der Waals surface area (Å²) in [4.78, 5) is 27.6. The summed E-state index contributed by atoms with van der Waals surface area (Å²) in [5, 5.41) is 12.3. The second-order valence-corrected chi connectivity index (χ2v) is 5.75. The predicted octanol–water partition coefficient (Wildman–Crippen LogP) is 2.94. The van der Waals surface area contributed by atoms with Crippen molar-refractivity contribution in [2.45, 2.75) is 39.8 Å². The number of nitrogens with zero attached hydrogens (tertiary/aromatic N) is 2. The maximum atomic E-state index is 12.1. The van der Waals surface area contributed by atoms with E-state index >= 15 is 0 Å². The second kappa shape index (κ2) is 6.36. The Balaban J connectivity index is 2.60. The van der Waals surface area contributed by atoms with E-state index in [0.717, 1.165) is 6.42 Å². The van der Waals surface area contributed by atoms with Crippen molar-refractivity contribution in [3.8, 4) is 0 Å². The maximum absolute atomic E-state index is 12.1. The lowest BCUT2D eigenvalue weighted by molar-refractivity contribution is 0.0678. The van der Waals surface area contributed by atoms with Crippen molar-refractivity contribution in [3.05, 3.63) is 28.5 Å². The molecule has 118 valence electrons. The smallest absolute Gasteiger partial charge is 0.372 e. The number of halogens is 1. The molecular weight excluding hydrogens is 306 g/mol. The number of carboxylic acids is 1. The van der Waals surface area contributed by atoms with Crippen LogP contribution in [-0.4, -0.2) is 32.6 Å². The van der Waals surface area contributed by atoms with E-state index in [-0.39, 0.29) is 22.8 Å². The lowest BCUT2D eigenvalue weighted by Gasteiger charge is -2.10. The fourth-order valence-corrected chi connectivity index (χ4v) is 2.52. The van der Waals surface area contributed by atoms with Crippen LogP contribution in [0.15, 0.2) is 12.1 Å². The van der Waals surface area contributed by atoms with Crippen LogP contribution in [0.1, 0.15) is 48.2 Å². The molecule has 7 heteroatoms. The van der Waals surface area contributed by atoms with E-state index in [1.54, 1.807) is 10.6 Å². The zero-order chi connectivity index (χ0) is 16.4. The number of hydrogen-bond acceptors (Lipinski definition) is 3. The first-order chi connectivity index (χ1) is 10.3. The third kappa shape index (κ3) is 3.06. The van der Waals surface area contributed by atoms with Gasteiger partial charge in [0.25, 0.3) is 5.91 Å². The summed E-state index contributed by atoms with van der Waals surface area (Å²) < 4.78 is 1.60. The fourth-order valence-electron chi connectivity index (χ4n) is 2.27. The topological polar surface area (TPSA) is 84.2 Å². The van der Waals surface area contributed by atoms with Crippen LogP contribution in [0, 0.1) is 0 Å². The summed E-state index contributed by atoms with van der Waals surface area (Å²) in [6.07, 6.45) is 0.763. The minimum absolute atomic E-state index is 0.0218. The highest BCUT2D eigenvalue weighted by atomic mass is 35.5. The van der Waals surface area contributed by atoms with Gasteiger partial charge in [-0.15, -0.1) is 0 Å². The molecule has 0 saturated carbocycles. The monoisotopic (exact) mass is 323 g/mol. The number of imidazole rings is 1. The Hall–Kier alpha value is -2.08. The Bertz CT molecular complexity index is 737. The van der Waals surface area contributed by atoms with Crippen molar-refractivity contribution in [1.29, 1.82) is 0 Å². The van der Waals surface area contributed by atoms with Gasteiger partial charge in [-0.05, 0) is 32.4 Å². The third-order valence-electron chi connectivity index (χ3n) is 3.14. The van der Waals surface area contributed by atoms with E-state index in [2.05, 4.69) is 10.3 Å². The van der Waals surface area contributed by atoms with Gasteiger partial charge in [0, 0.05) is 12.6 Å². The summed E-state index contributed by atoms with van der Waals surface area (Å²) in [5.74, 6) is -1.45. The van der Waals surface area contributed by atoms with Gasteiger partial charge in [0.1, 0.15) is 0 Å². The molecule has 2 aromatic rings. The molecule has 0 unspecified atom stereocenters. The molecule has 0 fully saturated rings. The van der Waals surface area contributed by atoms with Crippen LogP contribution in [0.4, 0.5) is 0 Å².